The van der Waals surface area contributed by atoms with Crippen LogP contribution in [0.25, 0.3) is 0 Å². The number of carbonyl (C=O) groups is 2. The largest absolute Gasteiger partial charge is 0.452 e. The van der Waals surface area contributed by atoms with Gasteiger partial charge in [-0.15, -0.1) is 11.8 Å². The minimum absolute atomic E-state index is 0.0627. The first-order valence-corrected chi connectivity index (χ1v) is 8.78. The lowest BCUT2D eigenvalue weighted by Gasteiger charge is -2.04. The topological polar surface area (TPSA) is 74.3 Å². The van der Waals surface area contributed by atoms with Gasteiger partial charge in [0.15, 0.2) is 12.4 Å². The number of hydrogen-bond acceptors (Lipinski definition) is 6. The van der Waals surface area contributed by atoms with E-state index >= 15 is 0 Å². The summed E-state index contributed by atoms with van der Waals surface area (Å²) in [5.74, 6) is -0.285. The molecule has 128 valence electrons. The van der Waals surface area contributed by atoms with E-state index in [0.717, 1.165) is 4.90 Å². The first kappa shape index (κ1) is 17.0. The maximum atomic E-state index is 12.1. The lowest BCUT2D eigenvalue weighted by Crippen LogP contribution is -2.13. The van der Waals surface area contributed by atoms with Crippen molar-refractivity contribution in [3.8, 4) is 0 Å². The van der Waals surface area contributed by atoms with E-state index in [0.29, 0.717) is 17.9 Å². The first-order valence-electron chi connectivity index (χ1n) is 7.56. The van der Waals surface area contributed by atoms with E-state index in [2.05, 4.69) is 5.10 Å². The van der Waals surface area contributed by atoms with E-state index in [-0.39, 0.29) is 18.2 Å². The Morgan fingerprint density at radius 2 is 2.00 bits per heavy atom. The summed E-state index contributed by atoms with van der Waals surface area (Å²) < 4.78 is 12.2. The molecule has 7 heteroatoms. The second kappa shape index (κ2) is 7.85. The van der Waals surface area contributed by atoms with Gasteiger partial charge in [-0.05, 0) is 36.6 Å². The standard InChI is InChI=1S/C18H16N2O4S/c1-25-15-6-3-13(4-7-15)16(21)12-23-18(22)17-8-5-14(24-17)11-20-10-2-9-19-20/h2-10H,11-12H2,1H3. The van der Waals surface area contributed by atoms with Crippen molar-refractivity contribution in [2.45, 2.75) is 11.4 Å². The van der Waals surface area contributed by atoms with Gasteiger partial charge in [-0.3, -0.25) is 9.48 Å². The zero-order valence-electron chi connectivity index (χ0n) is 13.5. The molecular formula is C18H16N2O4S. The molecule has 0 saturated heterocycles. The van der Waals surface area contributed by atoms with Crippen LogP contribution in [0.5, 0.6) is 0 Å². The number of thioether (sulfide) groups is 1. The fourth-order valence-electron chi connectivity index (χ4n) is 2.19. The number of Topliss-reactive ketones (excluding diaryl/α,β-unsaturated/α-hetero) is 1. The summed E-state index contributed by atoms with van der Waals surface area (Å²) in [6.07, 6.45) is 5.42. The average Bonchev–Trinajstić information content (AvgIpc) is 3.32. The second-order valence-corrected chi connectivity index (χ2v) is 6.08. The maximum absolute atomic E-state index is 12.1. The first-order chi connectivity index (χ1) is 12.2. The molecule has 0 fully saturated rings. The molecule has 0 aliphatic rings. The van der Waals surface area contributed by atoms with Crippen LogP contribution in [0.3, 0.4) is 0 Å². The molecule has 2 heterocycles. The Hall–Kier alpha value is -2.80. The average molecular weight is 356 g/mol. The van der Waals surface area contributed by atoms with Crippen molar-refractivity contribution in [2.75, 3.05) is 12.9 Å². The number of benzene rings is 1. The summed E-state index contributed by atoms with van der Waals surface area (Å²) in [4.78, 5) is 25.1. The molecule has 0 saturated carbocycles. The Balaban J connectivity index is 1.55. The molecule has 0 spiro atoms. The highest BCUT2D eigenvalue weighted by Gasteiger charge is 2.15. The lowest BCUT2D eigenvalue weighted by atomic mass is 10.1. The van der Waals surface area contributed by atoms with Gasteiger partial charge in [0.1, 0.15) is 5.76 Å². The van der Waals surface area contributed by atoms with Crippen LogP contribution >= 0.6 is 11.8 Å². The highest BCUT2D eigenvalue weighted by molar-refractivity contribution is 7.98. The number of hydrogen-bond donors (Lipinski definition) is 0. The minimum atomic E-state index is -0.666. The van der Waals surface area contributed by atoms with Crippen LogP contribution in [0.1, 0.15) is 26.7 Å². The molecule has 0 radical (unpaired) electrons. The van der Waals surface area contributed by atoms with Gasteiger partial charge in [0.2, 0.25) is 5.76 Å². The van der Waals surface area contributed by atoms with Gasteiger partial charge >= 0.3 is 5.97 Å². The van der Waals surface area contributed by atoms with Crippen molar-refractivity contribution in [1.29, 1.82) is 0 Å². The Labute approximate surface area is 148 Å². The van der Waals surface area contributed by atoms with E-state index in [9.17, 15) is 9.59 Å². The van der Waals surface area contributed by atoms with Crippen LogP contribution < -0.4 is 0 Å². The number of esters is 1. The van der Waals surface area contributed by atoms with Crippen LogP contribution in [0, 0.1) is 0 Å². The lowest BCUT2D eigenvalue weighted by molar-refractivity contribution is 0.0442. The molecule has 0 aliphatic carbocycles. The van der Waals surface area contributed by atoms with Gasteiger partial charge < -0.3 is 9.15 Å². The van der Waals surface area contributed by atoms with Crippen molar-refractivity contribution in [1.82, 2.24) is 9.78 Å². The molecular weight excluding hydrogens is 340 g/mol. The molecule has 2 aromatic heterocycles. The third-order valence-corrected chi connectivity index (χ3v) is 4.23. The van der Waals surface area contributed by atoms with Crippen LogP contribution in [-0.4, -0.2) is 34.4 Å². The molecule has 0 aliphatic heterocycles. The van der Waals surface area contributed by atoms with Crippen molar-refractivity contribution >= 4 is 23.5 Å². The molecule has 0 bridgehead atoms. The monoisotopic (exact) mass is 356 g/mol. The molecule has 0 atom stereocenters. The predicted molar refractivity (Wildman–Crippen MR) is 92.9 cm³/mol. The van der Waals surface area contributed by atoms with Crippen LogP contribution in [-0.2, 0) is 11.3 Å². The summed E-state index contributed by atoms with van der Waals surface area (Å²) >= 11 is 1.59. The smallest absolute Gasteiger partial charge is 0.374 e. The molecule has 0 N–H and O–H groups in total. The van der Waals surface area contributed by atoms with Crippen molar-refractivity contribution in [2.24, 2.45) is 0 Å². The zero-order chi connectivity index (χ0) is 17.6. The second-order valence-electron chi connectivity index (χ2n) is 5.20. The van der Waals surface area contributed by atoms with Gasteiger partial charge in [0, 0.05) is 22.9 Å². The fraction of sp³-hybridized carbons (Fsp3) is 0.167. The highest BCUT2D eigenvalue weighted by Crippen LogP contribution is 2.15. The molecule has 3 aromatic rings. The molecule has 0 unspecified atom stereocenters. The van der Waals surface area contributed by atoms with Crippen LogP contribution in [0.2, 0.25) is 0 Å². The van der Waals surface area contributed by atoms with Gasteiger partial charge in [0.25, 0.3) is 0 Å². The Morgan fingerprint density at radius 3 is 2.68 bits per heavy atom. The quantitative estimate of drug-likeness (QED) is 0.367. The van der Waals surface area contributed by atoms with E-state index in [4.69, 9.17) is 9.15 Å². The van der Waals surface area contributed by atoms with Gasteiger partial charge in [0.05, 0.1) is 6.54 Å². The fourth-order valence-corrected chi connectivity index (χ4v) is 2.60. The summed E-state index contributed by atoms with van der Waals surface area (Å²) in [5.41, 5.74) is 0.504. The highest BCUT2D eigenvalue weighted by atomic mass is 32.2. The molecule has 25 heavy (non-hydrogen) atoms. The van der Waals surface area contributed by atoms with Gasteiger partial charge in [-0.1, -0.05) is 12.1 Å². The third-order valence-electron chi connectivity index (χ3n) is 3.49. The number of carbonyl (C=O) groups excluding carboxylic acids is 2. The number of aromatic nitrogens is 2. The molecule has 3 rings (SSSR count). The summed E-state index contributed by atoms with van der Waals surface area (Å²) in [6, 6.07) is 12.2. The van der Waals surface area contributed by atoms with E-state index in [1.807, 2.05) is 18.4 Å². The molecule has 1 aromatic carbocycles. The zero-order valence-corrected chi connectivity index (χ0v) is 14.4. The number of ketones is 1. The Bertz CT molecular complexity index is 854. The number of nitrogens with zero attached hydrogens (tertiary/aromatic N) is 2. The maximum Gasteiger partial charge on any atom is 0.374 e. The van der Waals surface area contributed by atoms with E-state index in [1.54, 1.807) is 53.1 Å². The van der Waals surface area contributed by atoms with Crippen molar-refractivity contribution < 1.29 is 18.7 Å². The molecule has 6 nitrogen and oxygen atoms in total. The van der Waals surface area contributed by atoms with Gasteiger partial charge in [-0.25, -0.2) is 4.79 Å². The molecule has 0 amide bonds. The number of ether oxygens (including phenoxy) is 1. The normalized spacial score (nSPS) is 10.6. The summed E-state index contributed by atoms with van der Waals surface area (Å²) in [6.45, 7) is 0.0909. The number of rotatable bonds is 7. The van der Waals surface area contributed by atoms with Crippen LogP contribution in [0.4, 0.5) is 0 Å². The minimum Gasteiger partial charge on any atom is -0.452 e. The van der Waals surface area contributed by atoms with Crippen molar-refractivity contribution in [3.63, 3.8) is 0 Å². The van der Waals surface area contributed by atoms with Crippen molar-refractivity contribution in [3.05, 3.63) is 71.9 Å². The summed E-state index contributed by atoms with van der Waals surface area (Å²) in [5, 5.41) is 4.07. The predicted octanol–water partition coefficient (Wildman–Crippen LogP) is 3.29. The third kappa shape index (κ3) is 4.39. The Kier molecular flexibility index (Phi) is 5.35. The van der Waals surface area contributed by atoms with Crippen LogP contribution in [0.15, 0.2) is 64.2 Å². The number of furan rings is 1. The SMILES string of the molecule is CSc1ccc(C(=O)COC(=O)c2ccc(Cn3cccn3)o2)cc1. The Morgan fingerprint density at radius 1 is 1.20 bits per heavy atom. The van der Waals surface area contributed by atoms with E-state index in [1.165, 1.54) is 6.07 Å². The van der Waals surface area contributed by atoms with E-state index < -0.39 is 5.97 Å². The van der Waals surface area contributed by atoms with Gasteiger partial charge in [-0.2, -0.15) is 5.10 Å². The summed E-state index contributed by atoms with van der Waals surface area (Å²) in [7, 11) is 0.